The van der Waals surface area contributed by atoms with Gasteiger partial charge >= 0.3 is 0 Å². The van der Waals surface area contributed by atoms with Gasteiger partial charge in [0.05, 0.1) is 0 Å². The largest absolute Gasteiger partial charge is 0.369 e. The molecule has 5 heteroatoms. The van der Waals surface area contributed by atoms with Crippen molar-refractivity contribution in [1.29, 1.82) is 0 Å². The van der Waals surface area contributed by atoms with Crippen LogP contribution < -0.4 is 4.90 Å². The molecule has 1 aliphatic heterocycles. The lowest BCUT2D eigenvalue weighted by molar-refractivity contribution is 0.312. The van der Waals surface area contributed by atoms with Crippen LogP contribution in [0.1, 0.15) is 25.3 Å². The minimum absolute atomic E-state index is 0.420. The molecule has 0 amide bonds. The second-order valence-electron chi connectivity index (χ2n) is 5.38. The second-order valence-corrected chi connectivity index (χ2v) is 5.38. The van der Waals surface area contributed by atoms with Gasteiger partial charge in [0, 0.05) is 42.5 Å². The molecule has 1 heterocycles. The van der Waals surface area contributed by atoms with Gasteiger partial charge in [0.1, 0.15) is 0 Å². The molecule has 1 saturated heterocycles. The second kappa shape index (κ2) is 5.95. The van der Waals surface area contributed by atoms with E-state index in [4.69, 9.17) is 5.53 Å². The first-order valence-electron chi connectivity index (χ1n) is 6.74. The molecule has 1 aromatic carbocycles. The minimum Gasteiger partial charge on any atom is -0.369 e. The lowest BCUT2D eigenvalue weighted by Gasteiger charge is -2.35. The zero-order chi connectivity index (χ0) is 13.8. The van der Waals surface area contributed by atoms with Gasteiger partial charge in [-0.2, -0.15) is 0 Å². The predicted octanol–water partition coefficient (Wildman–Crippen LogP) is 3.50. The van der Waals surface area contributed by atoms with Gasteiger partial charge in [-0.3, -0.25) is 0 Å². The Morgan fingerprint density at radius 1 is 1.21 bits per heavy atom. The van der Waals surface area contributed by atoms with Gasteiger partial charge in [-0.15, -0.1) is 0 Å². The van der Waals surface area contributed by atoms with Crippen molar-refractivity contribution in [1.82, 2.24) is 4.90 Å². The molecule has 0 aliphatic carbocycles. The molecule has 1 aliphatic rings. The van der Waals surface area contributed by atoms with Crippen molar-refractivity contribution in [2.45, 2.75) is 19.8 Å². The van der Waals surface area contributed by atoms with E-state index in [2.05, 4.69) is 46.8 Å². The molecule has 1 aromatic rings. The molecule has 1 fully saturated rings. The maximum Gasteiger partial charge on any atom is 0.0402 e. The highest BCUT2D eigenvalue weighted by atomic mass is 15.2. The third-order valence-corrected chi connectivity index (χ3v) is 3.64. The van der Waals surface area contributed by atoms with Crippen molar-refractivity contribution < 1.29 is 0 Å². The molecule has 0 atom stereocenters. The third kappa shape index (κ3) is 3.19. The first kappa shape index (κ1) is 13.7. The molecule has 0 saturated carbocycles. The summed E-state index contributed by atoms with van der Waals surface area (Å²) in [5, 5.41) is 3.70. The van der Waals surface area contributed by atoms with E-state index in [1.807, 2.05) is 12.1 Å². The summed E-state index contributed by atoms with van der Waals surface area (Å²) in [5.74, 6) is 0.420. The maximum atomic E-state index is 8.54. The Hall–Kier alpha value is -1.71. The number of likely N-dealkylation sites (N-methyl/N-ethyl adjacent to an activating group) is 1. The standard InChI is InChI=1S/C14H21N5/c1-11(2)13-10-12(16-17-15)4-5-14(13)19-8-6-18(3)7-9-19/h4-5,10-11H,6-9H2,1-3H3. The molecular weight excluding hydrogens is 238 g/mol. The van der Waals surface area contributed by atoms with E-state index in [1.165, 1.54) is 11.3 Å². The number of piperazine rings is 1. The van der Waals surface area contributed by atoms with Gasteiger partial charge in [0.2, 0.25) is 0 Å². The normalized spacial score (nSPS) is 16.5. The summed E-state index contributed by atoms with van der Waals surface area (Å²) in [5.41, 5.74) is 11.8. The summed E-state index contributed by atoms with van der Waals surface area (Å²) in [7, 11) is 2.16. The van der Waals surface area contributed by atoms with Crippen molar-refractivity contribution >= 4 is 11.4 Å². The third-order valence-electron chi connectivity index (χ3n) is 3.64. The number of anilines is 1. The van der Waals surface area contributed by atoms with Crippen molar-refractivity contribution in [2.24, 2.45) is 5.11 Å². The van der Waals surface area contributed by atoms with E-state index in [0.717, 1.165) is 26.2 Å². The summed E-state index contributed by atoms with van der Waals surface area (Å²) in [6.07, 6.45) is 0. The van der Waals surface area contributed by atoms with Gasteiger partial charge in [-0.1, -0.05) is 25.0 Å². The number of hydrogen-bond acceptors (Lipinski definition) is 3. The molecule has 102 valence electrons. The number of rotatable bonds is 3. The molecule has 0 bridgehead atoms. The van der Waals surface area contributed by atoms with Crippen LogP contribution in [0.25, 0.3) is 10.4 Å². The highest BCUT2D eigenvalue weighted by molar-refractivity contribution is 5.60. The fourth-order valence-corrected chi connectivity index (χ4v) is 2.45. The van der Waals surface area contributed by atoms with Gasteiger partial charge in [-0.25, -0.2) is 0 Å². The summed E-state index contributed by atoms with van der Waals surface area (Å²) >= 11 is 0. The lowest BCUT2D eigenvalue weighted by atomic mass is 9.99. The van der Waals surface area contributed by atoms with E-state index < -0.39 is 0 Å². The molecule has 0 aromatic heterocycles. The first-order valence-corrected chi connectivity index (χ1v) is 6.74. The Morgan fingerprint density at radius 3 is 2.47 bits per heavy atom. The van der Waals surface area contributed by atoms with Crippen LogP contribution in [-0.2, 0) is 0 Å². The van der Waals surface area contributed by atoms with Crippen LogP contribution >= 0.6 is 0 Å². The predicted molar refractivity (Wildman–Crippen MR) is 79.0 cm³/mol. The van der Waals surface area contributed by atoms with E-state index in [-0.39, 0.29) is 0 Å². The Kier molecular flexibility index (Phi) is 4.30. The van der Waals surface area contributed by atoms with Crippen LogP contribution in [0.3, 0.4) is 0 Å². The minimum atomic E-state index is 0.420. The van der Waals surface area contributed by atoms with Gasteiger partial charge in [0.25, 0.3) is 0 Å². The molecule has 0 spiro atoms. The molecule has 5 nitrogen and oxygen atoms in total. The van der Waals surface area contributed by atoms with Crippen LogP contribution in [-0.4, -0.2) is 38.1 Å². The van der Waals surface area contributed by atoms with E-state index in [0.29, 0.717) is 11.6 Å². The number of nitrogens with zero attached hydrogens (tertiary/aromatic N) is 5. The van der Waals surface area contributed by atoms with Crippen LogP contribution in [0.15, 0.2) is 23.3 Å². The number of azide groups is 1. The summed E-state index contributed by atoms with van der Waals surface area (Å²) in [6, 6.07) is 6.00. The Labute approximate surface area is 114 Å². The Morgan fingerprint density at radius 2 is 1.89 bits per heavy atom. The molecule has 2 rings (SSSR count). The lowest BCUT2D eigenvalue weighted by Crippen LogP contribution is -2.44. The van der Waals surface area contributed by atoms with Crippen molar-refractivity contribution in [3.8, 4) is 0 Å². The maximum absolute atomic E-state index is 8.54. The van der Waals surface area contributed by atoms with Crippen molar-refractivity contribution in [2.75, 3.05) is 38.1 Å². The zero-order valence-corrected chi connectivity index (χ0v) is 11.9. The number of benzene rings is 1. The van der Waals surface area contributed by atoms with Crippen molar-refractivity contribution in [3.63, 3.8) is 0 Å². The van der Waals surface area contributed by atoms with Crippen LogP contribution in [0.2, 0.25) is 0 Å². The fraction of sp³-hybridized carbons (Fsp3) is 0.571. The van der Waals surface area contributed by atoms with Crippen LogP contribution in [0.4, 0.5) is 11.4 Å². The van der Waals surface area contributed by atoms with E-state index in [1.54, 1.807) is 0 Å². The zero-order valence-electron chi connectivity index (χ0n) is 11.9. The summed E-state index contributed by atoms with van der Waals surface area (Å²) < 4.78 is 0. The Balaban J connectivity index is 2.31. The average molecular weight is 259 g/mol. The average Bonchev–Trinajstić information content (AvgIpc) is 2.40. The van der Waals surface area contributed by atoms with Gasteiger partial charge < -0.3 is 9.80 Å². The topological polar surface area (TPSA) is 55.2 Å². The first-order chi connectivity index (χ1) is 9.11. The monoisotopic (exact) mass is 259 g/mol. The SMILES string of the molecule is CC(C)c1cc(N=[N+]=[N-])ccc1N1CCN(C)CC1. The van der Waals surface area contributed by atoms with Crippen molar-refractivity contribution in [3.05, 3.63) is 34.2 Å². The molecule has 0 unspecified atom stereocenters. The van der Waals surface area contributed by atoms with Crippen LogP contribution in [0, 0.1) is 0 Å². The van der Waals surface area contributed by atoms with E-state index >= 15 is 0 Å². The van der Waals surface area contributed by atoms with Gasteiger partial charge in [-0.05, 0) is 36.2 Å². The highest BCUT2D eigenvalue weighted by Crippen LogP contribution is 2.32. The molecule has 19 heavy (non-hydrogen) atoms. The fourth-order valence-electron chi connectivity index (χ4n) is 2.45. The Bertz CT molecular complexity index is 483. The summed E-state index contributed by atoms with van der Waals surface area (Å²) in [6.45, 7) is 8.64. The highest BCUT2D eigenvalue weighted by Gasteiger charge is 2.18. The molecule has 0 N–H and O–H groups in total. The molecular formula is C14H21N5. The quantitative estimate of drug-likeness (QED) is 0.474. The number of hydrogen-bond donors (Lipinski definition) is 0. The van der Waals surface area contributed by atoms with Crippen LogP contribution in [0.5, 0.6) is 0 Å². The summed E-state index contributed by atoms with van der Waals surface area (Å²) in [4.78, 5) is 7.64. The van der Waals surface area contributed by atoms with E-state index in [9.17, 15) is 0 Å². The smallest absolute Gasteiger partial charge is 0.0402 e. The molecule has 0 radical (unpaired) electrons. The van der Waals surface area contributed by atoms with Gasteiger partial charge in [0.15, 0.2) is 0 Å².